The van der Waals surface area contributed by atoms with Gasteiger partial charge in [0.05, 0.1) is 7.11 Å². The SMILES string of the molecule is COc1ccc(-c2nc3c4ccccc4c4ccccc4c3o2)cc1. The molecule has 0 aliphatic heterocycles. The third-order valence-corrected chi connectivity index (χ3v) is 4.61. The van der Waals surface area contributed by atoms with E-state index < -0.39 is 0 Å². The smallest absolute Gasteiger partial charge is 0.227 e. The van der Waals surface area contributed by atoms with Crippen molar-refractivity contribution in [3.05, 3.63) is 72.8 Å². The van der Waals surface area contributed by atoms with Crippen LogP contribution in [0.5, 0.6) is 5.75 Å². The lowest BCUT2D eigenvalue weighted by Gasteiger charge is -2.04. The van der Waals surface area contributed by atoms with E-state index in [1.165, 1.54) is 10.8 Å². The summed E-state index contributed by atoms with van der Waals surface area (Å²) in [5, 5.41) is 4.58. The summed E-state index contributed by atoms with van der Waals surface area (Å²) < 4.78 is 11.4. The summed E-state index contributed by atoms with van der Waals surface area (Å²) >= 11 is 0. The summed E-state index contributed by atoms with van der Waals surface area (Å²) in [5.41, 5.74) is 2.67. The van der Waals surface area contributed by atoms with Gasteiger partial charge in [0, 0.05) is 16.3 Å². The molecule has 0 bridgehead atoms. The molecule has 0 saturated heterocycles. The van der Waals surface area contributed by atoms with Crippen LogP contribution in [0.15, 0.2) is 77.2 Å². The molecule has 0 atom stereocenters. The fraction of sp³-hybridized carbons (Fsp3) is 0.0455. The first-order valence-electron chi connectivity index (χ1n) is 8.19. The Kier molecular flexibility index (Phi) is 3.01. The Morgan fingerprint density at radius 1 is 0.720 bits per heavy atom. The molecule has 120 valence electrons. The Hall–Kier alpha value is -3.33. The maximum atomic E-state index is 6.20. The minimum Gasteiger partial charge on any atom is -0.497 e. The normalized spacial score (nSPS) is 11.4. The van der Waals surface area contributed by atoms with Gasteiger partial charge in [0.2, 0.25) is 5.89 Å². The van der Waals surface area contributed by atoms with Gasteiger partial charge in [0.25, 0.3) is 0 Å². The lowest BCUT2D eigenvalue weighted by Crippen LogP contribution is -1.82. The molecule has 25 heavy (non-hydrogen) atoms. The van der Waals surface area contributed by atoms with Gasteiger partial charge in [-0.3, -0.25) is 0 Å². The second-order valence-electron chi connectivity index (χ2n) is 6.02. The van der Waals surface area contributed by atoms with Crippen LogP contribution in [0.2, 0.25) is 0 Å². The Morgan fingerprint density at radius 3 is 2.00 bits per heavy atom. The first kappa shape index (κ1) is 14.1. The summed E-state index contributed by atoms with van der Waals surface area (Å²) in [6.45, 7) is 0. The molecule has 0 radical (unpaired) electrons. The molecule has 4 aromatic carbocycles. The lowest BCUT2D eigenvalue weighted by molar-refractivity contribution is 0.415. The van der Waals surface area contributed by atoms with Crippen LogP contribution in [0.1, 0.15) is 0 Å². The number of ether oxygens (including phenoxy) is 1. The van der Waals surface area contributed by atoms with Gasteiger partial charge in [-0.15, -0.1) is 0 Å². The number of benzene rings is 4. The number of fused-ring (bicyclic) bond motifs is 6. The van der Waals surface area contributed by atoms with Crippen molar-refractivity contribution < 1.29 is 9.15 Å². The Labute approximate surface area is 144 Å². The maximum absolute atomic E-state index is 6.20. The molecule has 3 heteroatoms. The molecule has 0 fully saturated rings. The van der Waals surface area contributed by atoms with Crippen molar-refractivity contribution in [2.75, 3.05) is 7.11 Å². The molecule has 0 amide bonds. The van der Waals surface area contributed by atoms with E-state index in [-0.39, 0.29) is 0 Å². The number of hydrogen-bond acceptors (Lipinski definition) is 3. The molecule has 5 rings (SSSR count). The molecule has 0 unspecified atom stereocenters. The van der Waals surface area contributed by atoms with E-state index in [4.69, 9.17) is 14.1 Å². The Morgan fingerprint density at radius 2 is 1.32 bits per heavy atom. The Balaban J connectivity index is 1.86. The zero-order chi connectivity index (χ0) is 16.8. The number of oxazole rings is 1. The zero-order valence-corrected chi connectivity index (χ0v) is 13.7. The van der Waals surface area contributed by atoms with Crippen molar-refractivity contribution >= 4 is 32.6 Å². The van der Waals surface area contributed by atoms with Gasteiger partial charge in [-0.1, -0.05) is 48.5 Å². The van der Waals surface area contributed by atoms with Crippen LogP contribution in [-0.4, -0.2) is 12.1 Å². The van der Waals surface area contributed by atoms with Gasteiger partial charge in [0.1, 0.15) is 11.3 Å². The van der Waals surface area contributed by atoms with E-state index >= 15 is 0 Å². The van der Waals surface area contributed by atoms with Gasteiger partial charge < -0.3 is 9.15 Å². The number of nitrogens with zero attached hydrogens (tertiary/aromatic N) is 1. The minimum atomic E-state index is 0.624. The Bertz CT molecular complexity index is 1150. The fourth-order valence-corrected chi connectivity index (χ4v) is 3.38. The average Bonchev–Trinajstić information content (AvgIpc) is 3.14. The number of methoxy groups -OCH3 is 1. The van der Waals surface area contributed by atoms with E-state index in [0.717, 1.165) is 33.2 Å². The van der Waals surface area contributed by atoms with Crippen LogP contribution in [0.4, 0.5) is 0 Å². The van der Waals surface area contributed by atoms with Crippen molar-refractivity contribution in [1.29, 1.82) is 0 Å². The van der Waals surface area contributed by atoms with Crippen molar-refractivity contribution in [2.45, 2.75) is 0 Å². The molecule has 3 nitrogen and oxygen atoms in total. The molecular weight excluding hydrogens is 310 g/mol. The van der Waals surface area contributed by atoms with Crippen LogP contribution < -0.4 is 4.74 Å². The molecule has 5 aromatic rings. The van der Waals surface area contributed by atoms with Crippen LogP contribution >= 0.6 is 0 Å². The van der Waals surface area contributed by atoms with Crippen molar-refractivity contribution in [2.24, 2.45) is 0 Å². The van der Waals surface area contributed by atoms with E-state index in [9.17, 15) is 0 Å². The topological polar surface area (TPSA) is 35.3 Å². The highest BCUT2D eigenvalue weighted by molar-refractivity contribution is 6.22. The maximum Gasteiger partial charge on any atom is 0.227 e. The highest BCUT2D eigenvalue weighted by atomic mass is 16.5. The fourth-order valence-electron chi connectivity index (χ4n) is 3.38. The zero-order valence-electron chi connectivity index (χ0n) is 13.7. The molecule has 0 aliphatic carbocycles. The van der Waals surface area contributed by atoms with E-state index in [2.05, 4.69) is 36.4 Å². The van der Waals surface area contributed by atoms with Crippen molar-refractivity contribution in [1.82, 2.24) is 4.98 Å². The van der Waals surface area contributed by atoms with Crippen LogP contribution in [0, 0.1) is 0 Å². The molecule has 0 aliphatic rings. The van der Waals surface area contributed by atoms with Crippen molar-refractivity contribution in [3.63, 3.8) is 0 Å². The predicted molar refractivity (Wildman–Crippen MR) is 101 cm³/mol. The van der Waals surface area contributed by atoms with Crippen LogP contribution in [0.25, 0.3) is 44.1 Å². The minimum absolute atomic E-state index is 0.624. The van der Waals surface area contributed by atoms with Crippen LogP contribution in [-0.2, 0) is 0 Å². The van der Waals surface area contributed by atoms with Crippen LogP contribution in [0.3, 0.4) is 0 Å². The van der Waals surface area contributed by atoms with E-state index in [1.807, 2.05) is 36.4 Å². The van der Waals surface area contributed by atoms with Gasteiger partial charge in [-0.25, -0.2) is 4.98 Å². The van der Waals surface area contributed by atoms with Gasteiger partial charge in [0.15, 0.2) is 5.58 Å². The molecule has 1 heterocycles. The number of aromatic nitrogens is 1. The first-order valence-corrected chi connectivity index (χ1v) is 8.19. The van der Waals surface area contributed by atoms with E-state index in [1.54, 1.807) is 7.11 Å². The second-order valence-corrected chi connectivity index (χ2v) is 6.02. The van der Waals surface area contributed by atoms with E-state index in [0.29, 0.717) is 5.89 Å². The quantitative estimate of drug-likeness (QED) is 0.384. The highest BCUT2D eigenvalue weighted by Gasteiger charge is 2.15. The number of rotatable bonds is 2. The third kappa shape index (κ3) is 2.09. The monoisotopic (exact) mass is 325 g/mol. The van der Waals surface area contributed by atoms with Gasteiger partial charge >= 0.3 is 0 Å². The van der Waals surface area contributed by atoms with Gasteiger partial charge in [-0.05, 0) is 35.0 Å². The summed E-state index contributed by atoms with van der Waals surface area (Å²) in [5.74, 6) is 1.44. The second kappa shape index (κ2) is 5.35. The highest BCUT2D eigenvalue weighted by Crippen LogP contribution is 2.37. The first-order chi connectivity index (χ1) is 12.3. The average molecular weight is 325 g/mol. The predicted octanol–water partition coefficient (Wildman–Crippen LogP) is 5.81. The standard InChI is InChI=1S/C22H15NO2/c1-24-15-12-10-14(11-13-15)22-23-20-18-8-4-2-6-16(18)17-7-3-5-9-19(17)21(20)25-22/h2-13H,1H3. The summed E-state index contributed by atoms with van der Waals surface area (Å²) in [4.78, 5) is 4.81. The molecule has 0 spiro atoms. The summed E-state index contributed by atoms with van der Waals surface area (Å²) in [6, 6.07) is 24.4. The summed E-state index contributed by atoms with van der Waals surface area (Å²) in [6.07, 6.45) is 0. The summed E-state index contributed by atoms with van der Waals surface area (Å²) in [7, 11) is 1.66. The number of hydrogen-bond donors (Lipinski definition) is 0. The molecule has 0 N–H and O–H groups in total. The van der Waals surface area contributed by atoms with Gasteiger partial charge in [-0.2, -0.15) is 0 Å². The molecule has 1 aromatic heterocycles. The molecular formula is C22H15NO2. The lowest BCUT2D eigenvalue weighted by atomic mass is 10.0. The largest absolute Gasteiger partial charge is 0.497 e. The van der Waals surface area contributed by atoms with Crippen molar-refractivity contribution in [3.8, 4) is 17.2 Å². The molecule has 0 saturated carbocycles. The third-order valence-electron chi connectivity index (χ3n) is 4.61.